The van der Waals surface area contributed by atoms with E-state index < -0.39 is 0 Å². The van der Waals surface area contributed by atoms with Crippen LogP contribution < -0.4 is 10.5 Å². The molecule has 0 radical (unpaired) electrons. The fraction of sp³-hybridized carbons (Fsp3) is 0.455. The largest absolute Gasteiger partial charge is 0.491 e. The average molecular weight is 197 g/mol. The Morgan fingerprint density at radius 2 is 2.07 bits per heavy atom. The molecule has 0 aliphatic carbocycles. The zero-order valence-corrected chi connectivity index (χ0v) is 8.80. The van der Waals surface area contributed by atoms with Crippen molar-refractivity contribution in [2.75, 3.05) is 6.61 Å². The molecule has 2 nitrogen and oxygen atoms in total. The third-order valence-electron chi connectivity index (χ3n) is 1.74. The first-order chi connectivity index (χ1) is 6.38. The Balaban J connectivity index is 2.68. The number of hydrogen-bond donors (Lipinski definition) is 1. The van der Waals surface area contributed by atoms with Crippen LogP contribution in [0.25, 0.3) is 0 Å². The Labute approximate surface area is 83.9 Å². The molecule has 3 heteroatoms. The summed E-state index contributed by atoms with van der Waals surface area (Å²) in [6, 6.07) is 4.45. The van der Waals surface area contributed by atoms with E-state index in [-0.39, 0.29) is 11.4 Å². The zero-order chi connectivity index (χ0) is 10.8. The second kappa shape index (κ2) is 3.96. The summed E-state index contributed by atoms with van der Waals surface area (Å²) in [7, 11) is 0. The van der Waals surface area contributed by atoms with E-state index in [1.54, 1.807) is 6.07 Å². The molecule has 1 aromatic rings. The monoisotopic (exact) mass is 197 g/mol. The Morgan fingerprint density at radius 3 is 2.57 bits per heavy atom. The standard InChI is InChI=1S/C11H16FNO/c1-8-6-9(12)4-5-10(8)14-7-11(2,3)13/h4-6H,7,13H2,1-3H3. The van der Waals surface area contributed by atoms with Crippen molar-refractivity contribution in [3.8, 4) is 5.75 Å². The Kier molecular flexibility index (Phi) is 3.11. The Morgan fingerprint density at radius 1 is 1.43 bits per heavy atom. The van der Waals surface area contributed by atoms with Crippen molar-refractivity contribution < 1.29 is 9.13 Å². The maximum absolute atomic E-state index is 12.7. The second-order valence-electron chi connectivity index (χ2n) is 4.19. The van der Waals surface area contributed by atoms with Gasteiger partial charge in [0.1, 0.15) is 18.2 Å². The molecular formula is C11H16FNO. The van der Waals surface area contributed by atoms with Gasteiger partial charge in [-0.3, -0.25) is 0 Å². The molecule has 0 spiro atoms. The van der Waals surface area contributed by atoms with Crippen molar-refractivity contribution in [3.63, 3.8) is 0 Å². The summed E-state index contributed by atoms with van der Waals surface area (Å²) in [5.74, 6) is 0.437. The van der Waals surface area contributed by atoms with Crippen molar-refractivity contribution in [1.82, 2.24) is 0 Å². The van der Waals surface area contributed by atoms with Crippen LogP contribution in [0, 0.1) is 12.7 Å². The van der Waals surface area contributed by atoms with Crippen molar-refractivity contribution in [2.45, 2.75) is 26.3 Å². The molecule has 78 valence electrons. The number of nitrogens with two attached hydrogens (primary N) is 1. The molecule has 0 saturated heterocycles. The van der Waals surface area contributed by atoms with Crippen LogP contribution in [-0.4, -0.2) is 12.1 Å². The van der Waals surface area contributed by atoms with E-state index in [0.717, 1.165) is 5.56 Å². The van der Waals surface area contributed by atoms with Gasteiger partial charge in [-0.05, 0) is 44.5 Å². The summed E-state index contributed by atoms with van der Waals surface area (Å²) in [5, 5.41) is 0. The van der Waals surface area contributed by atoms with Crippen molar-refractivity contribution >= 4 is 0 Å². The van der Waals surface area contributed by atoms with Gasteiger partial charge in [0.25, 0.3) is 0 Å². The quantitative estimate of drug-likeness (QED) is 0.806. The summed E-state index contributed by atoms with van der Waals surface area (Å²) < 4.78 is 18.2. The number of hydrogen-bond acceptors (Lipinski definition) is 2. The van der Waals surface area contributed by atoms with Crippen LogP contribution >= 0.6 is 0 Å². The number of halogens is 1. The minimum absolute atomic E-state index is 0.248. The van der Waals surface area contributed by atoms with Crippen molar-refractivity contribution in [2.24, 2.45) is 5.73 Å². The van der Waals surface area contributed by atoms with Gasteiger partial charge in [0.15, 0.2) is 0 Å². The summed E-state index contributed by atoms with van der Waals surface area (Å²) >= 11 is 0. The summed E-state index contributed by atoms with van der Waals surface area (Å²) in [4.78, 5) is 0. The maximum atomic E-state index is 12.7. The number of rotatable bonds is 3. The van der Waals surface area contributed by atoms with Crippen molar-refractivity contribution in [3.05, 3.63) is 29.6 Å². The number of benzene rings is 1. The highest BCUT2D eigenvalue weighted by Gasteiger charge is 2.12. The molecule has 0 bridgehead atoms. The smallest absolute Gasteiger partial charge is 0.123 e. The first-order valence-electron chi connectivity index (χ1n) is 4.56. The van der Waals surface area contributed by atoms with Gasteiger partial charge in [0.05, 0.1) is 0 Å². The highest BCUT2D eigenvalue weighted by Crippen LogP contribution is 2.19. The molecule has 0 aliphatic rings. The Hall–Kier alpha value is -1.09. The molecule has 0 heterocycles. The molecule has 14 heavy (non-hydrogen) atoms. The molecule has 0 aliphatic heterocycles. The van der Waals surface area contributed by atoms with Crippen LogP contribution in [0.5, 0.6) is 5.75 Å². The molecule has 1 rings (SSSR count). The van der Waals surface area contributed by atoms with Gasteiger partial charge in [-0.15, -0.1) is 0 Å². The highest BCUT2D eigenvalue weighted by molar-refractivity contribution is 5.32. The molecule has 0 fully saturated rings. The van der Waals surface area contributed by atoms with Gasteiger partial charge in [-0.1, -0.05) is 0 Å². The molecule has 2 N–H and O–H groups in total. The maximum Gasteiger partial charge on any atom is 0.123 e. The van der Waals surface area contributed by atoms with E-state index in [1.807, 2.05) is 20.8 Å². The second-order valence-corrected chi connectivity index (χ2v) is 4.19. The first-order valence-corrected chi connectivity index (χ1v) is 4.56. The van der Waals surface area contributed by atoms with Crippen LogP contribution in [0.2, 0.25) is 0 Å². The van der Waals surface area contributed by atoms with Crippen LogP contribution in [-0.2, 0) is 0 Å². The van der Waals surface area contributed by atoms with E-state index in [1.165, 1.54) is 12.1 Å². The van der Waals surface area contributed by atoms with Gasteiger partial charge in [0, 0.05) is 5.54 Å². The minimum atomic E-state index is -0.374. The predicted octanol–water partition coefficient (Wildman–Crippen LogP) is 2.25. The third kappa shape index (κ3) is 3.34. The number of aryl methyl sites for hydroxylation is 1. The van der Waals surface area contributed by atoms with E-state index in [4.69, 9.17) is 10.5 Å². The summed E-state index contributed by atoms with van der Waals surface area (Å²) in [6.07, 6.45) is 0. The normalized spacial score (nSPS) is 11.5. The summed E-state index contributed by atoms with van der Waals surface area (Å²) in [6.45, 7) is 5.99. The minimum Gasteiger partial charge on any atom is -0.491 e. The molecule has 0 amide bonds. The lowest BCUT2D eigenvalue weighted by Gasteiger charge is -2.19. The molecule has 1 aromatic carbocycles. The molecular weight excluding hydrogens is 181 g/mol. The van der Waals surface area contributed by atoms with E-state index in [9.17, 15) is 4.39 Å². The molecule has 0 atom stereocenters. The molecule has 0 saturated carbocycles. The molecule has 0 aromatic heterocycles. The van der Waals surface area contributed by atoms with Crippen LogP contribution in [0.3, 0.4) is 0 Å². The molecule has 0 unspecified atom stereocenters. The Bertz CT molecular complexity index is 318. The fourth-order valence-electron chi connectivity index (χ4n) is 1.04. The average Bonchev–Trinajstić information content (AvgIpc) is 2.00. The van der Waals surface area contributed by atoms with Gasteiger partial charge < -0.3 is 10.5 Å². The van der Waals surface area contributed by atoms with Crippen molar-refractivity contribution in [1.29, 1.82) is 0 Å². The van der Waals surface area contributed by atoms with E-state index in [0.29, 0.717) is 12.4 Å². The SMILES string of the molecule is Cc1cc(F)ccc1OCC(C)(C)N. The van der Waals surface area contributed by atoms with Crippen LogP contribution in [0.1, 0.15) is 19.4 Å². The number of ether oxygens (including phenoxy) is 1. The van der Waals surface area contributed by atoms with Gasteiger partial charge in [-0.25, -0.2) is 4.39 Å². The summed E-state index contributed by atoms with van der Waals surface area (Å²) in [5.41, 5.74) is 6.18. The van der Waals surface area contributed by atoms with E-state index in [2.05, 4.69) is 0 Å². The topological polar surface area (TPSA) is 35.2 Å². The fourth-order valence-corrected chi connectivity index (χ4v) is 1.04. The van der Waals surface area contributed by atoms with Crippen LogP contribution in [0.15, 0.2) is 18.2 Å². The lowest BCUT2D eigenvalue weighted by Crippen LogP contribution is -2.38. The van der Waals surface area contributed by atoms with Gasteiger partial charge in [-0.2, -0.15) is 0 Å². The highest BCUT2D eigenvalue weighted by atomic mass is 19.1. The lowest BCUT2D eigenvalue weighted by atomic mass is 10.1. The van der Waals surface area contributed by atoms with Gasteiger partial charge in [0.2, 0.25) is 0 Å². The zero-order valence-electron chi connectivity index (χ0n) is 8.80. The van der Waals surface area contributed by atoms with E-state index >= 15 is 0 Å². The third-order valence-corrected chi connectivity index (χ3v) is 1.74. The predicted molar refractivity (Wildman–Crippen MR) is 54.9 cm³/mol. The van der Waals surface area contributed by atoms with Crippen LogP contribution in [0.4, 0.5) is 4.39 Å². The van der Waals surface area contributed by atoms with Gasteiger partial charge >= 0.3 is 0 Å². The first kappa shape index (κ1) is 11.0. The lowest BCUT2D eigenvalue weighted by molar-refractivity contribution is 0.242.